The van der Waals surface area contributed by atoms with E-state index in [9.17, 15) is 18.3 Å². The molecule has 22 heavy (non-hydrogen) atoms. The smallest absolute Gasteiger partial charge is 0.325 e. The summed E-state index contributed by atoms with van der Waals surface area (Å²) >= 11 is 0. The van der Waals surface area contributed by atoms with Crippen LogP contribution in [0.15, 0.2) is 42.5 Å². The molecule has 1 aromatic carbocycles. The highest BCUT2D eigenvalue weighted by atomic mass is 32.2. The highest BCUT2D eigenvalue weighted by Crippen LogP contribution is 2.15. The second kappa shape index (κ2) is 7.04. The first-order valence-corrected chi connectivity index (χ1v) is 8.81. The Kier molecular flexibility index (Phi) is 5.33. The van der Waals surface area contributed by atoms with Gasteiger partial charge in [-0.2, -0.15) is 0 Å². The van der Waals surface area contributed by atoms with Crippen molar-refractivity contribution in [3.63, 3.8) is 0 Å². The number of carbonyl (C=O) groups is 1. The van der Waals surface area contributed by atoms with Crippen LogP contribution in [-0.4, -0.2) is 44.0 Å². The zero-order chi connectivity index (χ0) is 16.2. The van der Waals surface area contributed by atoms with E-state index >= 15 is 0 Å². The molecular formula is C15H19NO5S. The number of nitrogens with one attached hydrogen (secondary N) is 1. The van der Waals surface area contributed by atoms with Crippen molar-refractivity contribution < 1.29 is 23.1 Å². The van der Waals surface area contributed by atoms with Gasteiger partial charge in [0, 0.05) is 6.42 Å². The lowest BCUT2D eigenvalue weighted by Crippen LogP contribution is -2.43. The third kappa shape index (κ3) is 5.25. The fraction of sp³-hybridized carbons (Fsp3) is 0.400. The highest BCUT2D eigenvalue weighted by molar-refractivity contribution is 7.88. The third-order valence-corrected chi connectivity index (χ3v) is 3.93. The van der Waals surface area contributed by atoms with Gasteiger partial charge in [-0.3, -0.25) is 4.79 Å². The van der Waals surface area contributed by atoms with Crippen LogP contribution < -0.4 is 4.72 Å². The first-order valence-electron chi connectivity index (χ1n) is 6.91. The summed E-state index contributed by atoms with van der Waals surface area (Å²) < 4.78 is 30.5. The number of hydrogen-bond acceptors (Lipinski definition) is 5. The molecule has 0 fully saturated rings. The van der Waals surface area contributed by atoms with Gasteiger partial charge >= 0.3 is 5.97 Å². The minimum absolute atomic E-state index is 0.200. The van der Waals surface area contributed by atoms with Crippen LogP contribution in [0.2, 0.25) is 0 Å². The van der Waals surface area contributed by atoms with Gasteiger partial charge in [-0.05, 0) is 18.1 Å². The van der Waals surface area contributed by atoms with Crippen molar-refractivity contribution >= 4 is 16.0 Å². The average molecular weight is 325 g/mol. The van der Waals surface area contributed by atoms with Gasteiger partial charge in [0.05, 0.1) is 12.4 Å². The van der Waals surface area contributed by atoms with E-state index < -0.39 is 34.2 Å². The second-order valence-corrected chi connectivity index (χ2v) is 7.08. The molecule has 120 valence electrons. The molecule has 0 aliphatic heterocycles. The Hall–Kier alpha value is -1.70. The van der Waals surface area contributed by atoms with Crippen LogP contribution in [0.5, 0.6) is 0 Å². The Morgan fingerprint density at radius 2 is 2.05 bits per heavy atom. The molecule has 3 atom stereocenters. The molecule has 0 heterocycles. The molecule has 0 unspecified atom stereocenters. The largest absolute Gasteiger partial charge is 0.457 e. The fourth-order valence-corrected chi connectivity index (χ4v) is 2.94. The lowest BCUT2D eigenvalue weighted by atomic mass is 10.1. The summed E-state index contributed by atoms with van der Waals surface area (Å²) in [5.41, 5.74) is 0.822. The second-order valence-electron chi connectivity index (χ2n) is 5.30. The van der Waals surface area contributed by atoms with E-state index in [1.165, 1.54) is 0 Å². The summed E-state index contributed by atoms with van der Waals surface area (Å²) in [5.74, 6) is -0.655. The molecule has 0 amide bonds. The van der Waals surface area contributed by atoms with Crippen molar-refractivity contribution in [1.29, 1.82) is 0 Å². The van der Waals surface area contributed by atoms with Gasteiger partial charge in [-0.1, -0.05) is 36.4 Å². The van der Waals surface area contributed by atoms with Crippen LogP contribution in [0.25, 0.3) is 0 Å². The standard InChI is InChI=1S/C15H19NO5S/c1-22(19,20)16-14(9-11-5-3-2-4-6-11)15(18)21-13-8-7-12(17)10-13/h2-8,12-14,16-17H,9-10H2,1H3/t12-,13+,14+/m1/s1. The van der Waals surface area contributed by atoms with Crippen molar-refractivity contribution in [3.05, 3.63) is 48.0 Å². The normalized spacial score (nSPS) is 22.5. The Balaban J connectivity index is 2.06. The number of aliphatic hydroxyl groups excluding tert-OH is 1. The van der Waals surface area contributed by atoms with Gasteiger partial charge in [-0.25, -0.2) is 13.1 Å². The van der Waals surface area contributed by atoms with Crippen LogP contribution in [-0.2, 0) is 26.0 Å². The maximum Gasteiger partial charge on any atom is 0.325 e. The molecule has 0 spiro atoms. The quantitative estimate of drug-likeness (QED) is 0.583. The number of rotatable bonds is 6. The molecule has 1 aliphatic carbocycles. The first kappa shape index (κ1) is 16.7. The van der Waals surface area contributed by atoms with Crippen molar-refractivity contribution in [2.24, 2.45) is 0 Å². The predicted molar refractivity (Wildman–Crippen MR) is 81.6 cm³/mol. The van der Waals surface area contributed by atoms with Gasteiger partial charge in [0.2, 0.25) is 10.0 Å². The lowest BCUT2D eigenvalue weighted by Gasteiger charge is -2.19. The molecule has 0 saturated heterocycles. The number of esters is 1. The van der Waals surface area contributed by atoms with Gasteiger partial charge in [-0.15, -0.1) is 0 Å². The molecule has 0 saturated carbocycles. The topological polar surface area (TPSA) is 92.7 Å². The van der Waals surface area contributed by atoms with Gasteiger partial charge in [0.1, 0.15) is 12.1 Å². The number of benzene rings is 1. The van der Waals surface area contributed by atoms with Gasteiger partial charge in [0.25, 0.3) is 0 Å². The number of sulfonamides is 1. The predicted octanol–water partition coefficient (Wildman–Crippen LogP) is 0.379. The SMILES string of the molecule is CS(=O)(=O)N[C@@H](Cc1ccccc1)C(=O)O[C@H]1C=C[C@@H](O)C1. The number of aliphatic hydroxyl groups is 1. The number of hydrogen-bond donors (Lipinski definition) is 2. The molecule has 2 rings (SSSR count). The Morgan fingerprint density at radius 1 is 1.36 bits per heavy atom. The molecule has 2 N–H and O–H groups in total. The summed E-state index contributed by atoms with van der Waals surface area (Å²) in [6.45, 7) is 0. The Bertz CT molecular complexity index is 641. The van der Waals surface area contributed by atoms with Crippen LogP contribution in [0.3, 0.4) is 0 Å². The minimum atomic E-state index is -3.55. The number of ether oxygens (including phenoxy) is 1. The summed E-state index contributed by atoms with van der Waals surface area (Å²) in [4.78, 5) is 12.2. The van der Waals surface area contributed by atoms with Crippen LogP contribution in [0, 0.1) is 0 Å². The maximum atomic E-state index is 12.2. The summed E-state index contributed by atoms with van der Waals surface area (Å²) in [6.07, 6.45) is 3.48. The van der Waals surface area contributed by atoms with E-state index in [0.29, 0.717) is 6.42 Å². The molecule has 0 radical (unpaired) electrons. The average Bonchev–Trinajstić information content (AvgIpc) is 2.83. The maximum absolute atomic E-state index is 12.2. The molecule has 7 heteroatoms. The summed E-state index contributed by atoms with van der Waals surface area (Å²) in [7, 11) is -3.55. The van der Waals surface area contributed by atoms with Crippen molar-refractivity contribution in [3.8, 4) is 0 Å². The Morgan fingerprint density at radius 3 is 2.59 bits per heavy atom. The fourth-order valence-electron chi connectivity index (χ4n) is 2.25. The van der Waals surface area contributed by atoms with E-state index in [-0.39, 0.29) is 6.42 Å². The molecule has 0 bridgehead atoms. The van der Waals surface area contributed by atoms with Gasteiger partial charge < -0.3 is 9.84 Å². The first-order chi connectivity index (χ1) is 10.3. The number of carbonyl (C=O) groups excluding carboxylic acids is 1. The van der Waals surface area contributed by atoms with Crippen LogP contribution in [0.1, 0.15) is 12.0 Å². The van der Waals surface area contributed by atoms with E-state index in [4.69, 9.17) is 4.74 Å². The molecule has 0 aromatic heterocycles. The van der Waals surface area contributed by atoms with E-state index in [1.54, 1.807) is 12.2 Å². The Labute approximate surface area is 129 Å². The molecule has 1 aliphatic rings. The van der Waals surface area contributed by atoms with Crippen molar-refractivity contribution in [2.45, 2.75) is 31.1 Å². The monoisotopic (exact) mass is 325 g/mol. The summed E-state index contributed by atoms with van der Waals surface area (Å²) in [6, 6.07) is 8.09. The minimum Gasteiger partial charge on any atom is -0.457 e. The van der Waals surface area contributed by atoms with Crippen LogP contribution in [0.4, 0.5) is 0 Å². The summed E-state index contributed by atoms with van der Waals surface area (Å²) in [5, 5.41) is 9.38. The van der Waals surface area contributed by atoms with Gasteiger partial charge in [0.15, 0.2) is 0 Å². The zero-order valence-electron chi connectivity index (χ0n) is 12.2. The molecule has 6 nitrogen and oxygen atoms in total. The van der Waals surface area contributed by atoms with E-state index in [1.807, 2.05) is 30.3 Å². The van der Waals surface area contributed by atoms with E-state index in [0.717, 1.165) is 11.8 Å². The molecule has 1 aromatic rings. The third-order valence-electron chi connectivity index (χ3n) is 3.21. The van der Waals surface area contributed by atoms with Crippen molar-refractivity contribution in [1.82, 2.24) is 4.72 Å². The lowest BCUT2D eigenvalue weighted by molar-refractivity contribution is -0.149. The highest BCUT2D eigenvalue weighted by Gasteiger charge is 2.28. The zero-order valence-corrected chi connectivity index (χ0v) is 13.0. The van der Waals surface area contributed by atoms with Crippen molar-refractivity contribution in [2.75, 3.05) is 6.26 Å². The van der Waals surface area contributed by atoms with Crippen LogP contribution >= 0.6 is 0 Å². The molecular weight excluding hydrogens is 306 g/mol. The van der Waals surface area contributed by atoms with E-state index in [2.05, 4.69) is 4.72 Å².